The molecule has 2 aromatic heterocycles. The van der Waals surface area contributed by atoms with E-state index in [4.69, 9.17) is 10.2 Å². The van der Waals surface area contributed by atoms with Crippen molar-refractivity contribution >= 4 is 11.5 Å². The molecule has 4 N–H and O–H groups in total. The number of hydrogen-bond donors (Lipinski definition) is 3. The van der Waals surface area contributed by atoms with Crippen LogP contribution in [0.1, 0.15) is 57.1 Å². The molecule has 3 heterocycles. The van der Waals surface area contributed by atoms with E-state index in [1.54, 1.807) is 13.8 Å². The van der Waals surface area contributed by atoms with Gasteiger partial charge in [-0.25, -0.2) is 13.8 Å². The molecule has 0 aliphatic carbocycles. The maximum Gasteiger partial charge on any atom is 0.420 e. The number of fused-ring (bicyclic) bond motifs is 5. The van der Waals surface area contributed by atoms with Gasteiger partial charge in [0.15, 0.2) is 11.8 Å². The molecule has 1 atom stereocenters. The van der Waals surface area contributed by atoms with Crippen molar-refractivity contribution in [2.75, 3.05) is 11.1 Å². The minimum Gasteiger partial charge on any atom is -0.416 e. The van der Waals surface area contributed by atoms with Crippen molar-refractivity contribution in [3.05, 3.63) is 17.5 Å². The molecule has 12 heteroatoms. The van der Waals surface area contributed by atoms with E-state index in [2.05, 4.69) is 20.5 Å². The molecule has 4 bridgehead atoms. The summed E-state index contributed by atoms with van der Waals surface area (Å²) in [6, 6.07) is 0.668. The van der Waals surface area contributed by atoms with Crippen molar-refractivity contribution < 1.29 is 31.5 Å². The van der Waals surface area contributed by atoms with Crippen LogP contribution in [-0.2, 0) is 6.18 Å². The van der Waals surface area contributed by atoms with E-state index in [0.29, 0.717) is 6.07 Å². The Morgan fingerprint density at radius 2 is 1.86 bits per heavy atom. The fourth-order valence-electron chi connectivity index (χ4n) is 3.08. The maximum absolute atomic E-state index is 14.3. The smallest absolute Gasteiger partial charge is 0.416 e. The van der Waals surface area contributed by atoms with Gasteiger partial charge >= 0.3 is 6.18 Å². The van der Waals surface area contributed by atoms with Crippen LogP contribution in [0.5, 0.6) is 0 Å². The molecule has 0 saturated heterocycles. The Balaban J connectivity index is 2.17. The first-order chi connectivity index (χ1) is 13.3. The Labute approximate surface area is 162 Å². The third-order valence-electron chi connectivity index (χ3n) is 4.65. The highest BCUT2D eigenvalue weighted by Crippen LogP contribution is 2.41. The van der Waals surface area contributed by atoms with Gasteiger partial charge in [-0.15, -0.1) is 10.2 Å². The molecule has 0 spiro atoms. The first-order valence-electron chi connectivity index (χ1n) is 8.86. The SMILES string of the molecule is CC1(C)CCCCC(F)(F)[C@H](O)c2nnc(o2)-c2nc(c(C(F)(F)F)cc2N)N1. The summed E-state index contributed by atoms with van der Waals surface area (Å²) < 4.78 is 74.0. The summed E-state index contributed by atoms with van der Waals surface area (Å²) in [5, 5.41) is 19.6. The van der Waals surface area contributed by atoms with Crippen LogP contribution in [0.2, 0.25) is 0 Å². The second-order valence-corrected chi connectivity index (χ2v) is 7.65. The number of anilines is 2. The van der Waals surface area contributed by atoms with Gasteiger partial charge in [-0.05, 0) is 32.8 Å². The number of rotatable bonds is 0. The molecule has 1 aliphatic rings. The minimum atomic E-state index is -4.73. The van der Waals surface area contributed by atoms with Crippen LogP contribution in [0.3, 0.4) is 0 Å². The Hall–Kier alpha value is -2.50. The van der Waals surface area contributed by atoms with E-state index in [1.165, 1.54) is 0 Å². The number of nitrogens with zero attached hydrogens (tertiary/aromatic N) is 3. The molecule has 0 radical (unpaired) electrons. The number of pyridine rings is 1. The molecule has 29 heavy (non-hydrogen) atoms. The highest BCUT2D eigenvalue weighted by atomic mass is 19.4. The van der Waals surface area contributed by atoms with Gasteiger partial charge < -0.3 is 20.6 Å². The van der Waals surface area contributed by atoms with Crippen LogP contribution >= 0.6 is 0 Å². The number of hydrogen-bond acceptors (Lipinski definition) is 7. The summed E-state index contributed by atoms with van der Waals surface area (Å²) in [7, 11) is 0. The highest BCUT2D eigenvalue weighted by Gasteiger charge is 2.43. The van der Waals surface area contributed by atoms with Crippen LogP contribution in [0.25, 0.3) is 11.6 Å². The Morgan fingerprint density at radius 3 is 2.52 bits per heavy atom. The average Bonchev–Trinajstić information content (AvgIpc) is 3.07. The number of aliphatic hydroxyl groups is 1. The van der Waals surface area contributed by atoms with E-state index < -0.39 is 59.0 Å². The van der Waals surface area contributed by atoms with Crippen LogP contribution in [0, 0.1) is 0 Å². The monoisotopic (exact) mass is 421 g/mol. The molecule has 2 aromatic rings. The quantitative estimate of drug-likeness (QED) is 0.548. The summed E-state index contributed by atoms with van der Waals surface area (Å²) >= 11 is 0. The van der Waals surface area contributed by atoms with Gasteiger partial charge in [-0.2, -0.15) is 13.2 Å². The molecule has 7 nitrogen and oxygen atoms in total. The lowest BCUT2D eigenvalue weighted by molar-refractivity contribution is -0.137. The molecule has 0 amide bonds. The normalized spacial score (nSPS) is 21.9. The van der Waals surface area contributed by atoms with Crippen molar-refractivity contribution in [3.8, 4) is 11.6 Å². The molecule has 0 fully saturated rings. The molecule has 3 rings (SSSR count). The summed E-state index contributed by atoms with van der Waals surface area (Å²) in [5.74, 6) is -5.25. The maximum atomic E-state index is 14.3. The number of nitrogens with two attached hydrogens (primary N) is 1. The predicted octanol–water partition coefficient (Wildman–Crippen LogP) is 4.17. The van der Waals surface area contributed by atoms with Crippen molar-refractivity contribution in [1.29, 1.82) is 0 Å². The third-order valence-corrected chi connectivity index (χ3v) is 4.65. The lowest BCUT2D eigenvalue weighted by Gasteiger charge is -2.29. The van der Waals surface area contributed by atoms with Gasteiger partial charge in [-0.1, -0.05) is 6.42 Å². The zero-order valence-corrected chi connectivity index (χ0v) is 15.6. The molecule has 1 aliphatic heterocycles. The van der Waals surface area contributed by atoms with E-state index in [1.807, 2.05) is 0 Å². The number of aliphatic hydroxyl groups excluding tert-OH is 1. The second kappa shape index (κ2) is 7.08. The van der Waals surface area contributed by atoms with Crippen LogP contribution < -0.4 is 11.1 Å². The highest BCUT2D eigenvalue weighted by molar-refractivity contribution is 5.71. The van der Waals surface area contributed by atoms with Gasteiger partial charge in [-0.3, -0.25) is 0 Å². The predicted molar refractivity (Wildman–Crippen MR) is 93.0 cm³/mol. The average molecular weight is 421 g/mol. The number of nitrogen functional groups attached to an aromatic ring is 1. The summed E-state index contributed by atoms with van der Waals surface area (Å²) in [4.78, 5) is 3.91. The zero-order chi connectivity index (χ0) is 21.6. The number of nitrogens with one attached hydrogen (secondary N) is 1. The molecular weight excluding hydrogens is 401 g/mol. The lowest BCUT2D eigenvalue weighted by Crippen LogP contribution is -2.33. The molecule has 0 aromatic carbocycles. The topological polar surface area (TPSA) is 110 Å². The zero-order valence-electron chi connectivity index (χ0n) is 15.6. The van der Waals surface area contributed by atoms with Crippen LogP contribution in [0.15, 0.2) is 10.5 Å². The number of alkyl halides is 5. The standard InChI is InChI=1S/C17H20F5N5O2/c1-15(2)5-3-4-6-16(18,19)11(28)14-27-26-13(29-14)10-9(23)7-8(17(20,21)22)12(24-10)25-15/h7,11,28H,3-6,23H2,1-2H3,(H,24,25)/t11-/m1/s1. The Morgan fingerprint density at radius 1 is 1.21 bits per heavy atom. The first kappa shape index (κ1) is 21.2. The van der Waals surface area contributed by atoms with Gasteiger partial charge in [0.05, 0.1) is 11.3 Å². The number of halogens is 5. The van der Waals surface area contributed by atoms with E-state index in [-0.39, 0.29) is 25.0 Å². The fraction of sp³-hybridized carbons (Fsp3) is 0.588. The van der Waals surface area contributed by atoms with Crippen molar-refractivity contribution in [2.24, 2.45) is 0 Å². The van der Waals surface area contributed by atoms with Gasteiger partial charge in [0.1, 0.15) is 5.82 Å². The van der Waals surface area contributed by atoms with Gasteiger partial charge in [0, 0.05) is 12.0 Å². The second-order valence-electron chi connectivity index (χ2n) is 7.65. The lowest BCUT2D eigenvalue weighted by atomic mass is 9.94. The summed E-state index contributed by atoms with van der Waals surface area (Å²) in [6.07, 6.45) is -7.14. The Kier molecular flexibility index (Phi) is 5.18. The minimum absolute atomic E-state index is 0.0305. The van der Waals surface area contributed by atoms with Crippen molar-refractivity contribution in [3.63, 3.8) is 0 Å². The molecule has 0 unspecified atom stereocenters. The van der Waals surface area contributed by atoms with E-state index in [0.717, 1.165) is 0 Å². The van der Waals surface area contributed by atoms with E-state index >= 15 is 0 Å². The third kappa shape index (κ3) is 4.41. The number of aromatic nitrogens is 3. The van der Waals surface area contributed by atoms with Crippen LogP contribution in [0.4, 0.5) is 33.5 Å². The fourth-order valence-corrected chi connectivity index (χ4v) is 3.08. The largest absolute Gasteiger partial charge is 0.420 e. The van der Waals surface area contributed by atoms with E-state index in [9.17, 15) is 27.1 Å². The molecule has 160 valence electrons. The summed E-state index contributed by atoms with van der Waals surface area (Å²) in [6.45, 7) is 3.27. The van der Waals surface area contributed by atoms with Crippen LogP contribution in [-0.4, -0.2) is 31.7 Å². The van der Waals surface area contributed by atoms with Crippen molar-refractivity contribution in [2.45, 2.75) is 63.3 Å². The molecular formula is C17H20F5N5O2. The molecule has 0 saturated carbocycles. The first-order valence-corrected chi connectivity index (χ1v) is 8.86. The summed E-state index contributed by atoms with van der Waals surface area (Å²) in [5.41, 5.74) is 3.00. The Bertz CT molecular complexity index is 897. The van der Waals surface area contributed by atoms with Crippen molar-refractivity contribution in [1.82, 2.24) is 15.2 Å². The van der Waals surface area contributed by atoms with Gasteiger partial charge in [0.25, 0.3) is 17.7 Å². The van der Waals surface area contributed by atoms with Gasteiger partial charge in [0.2, 0.25) is 0 Å².